The highest BCUT2D eigenvalue weighted by Gasteiger charge is 2.28. The predicted octanol–water partition coefficient (Wildman–Crippen LogP) is 2.22. The molecular weight excluding hydrogens is 342 g/mol. The van der Waals surface area contributed by atoms with Crippen LogP contribution in [-0.4, -0.2) is 26.8 Å². The normalized spacial score (nSPS) is 17.4. The topological polar surface area (TPSA) is 58.2 Å². The number of piperidine rings is 1. The minimum absolute atomic E-state index is 0.0465. The lowest BCUT2D eigenvalue weighted by Gasteiger charge is -2.23. The summed E-state index contributed by atoms with van der Waals surface area (Å²) in [5.74, 6) is -1.53. The SMILES string of the molecule is O=S(=O)(Nc1cc(F)c(Br)cc1F)C1CCNCC1. The van der Waals surface area contributed by atoms with Crippen LogP contribution in [-0.2, 0) is 10.0 Å². The van der Waals surface area contributed by atoms with Crippen LogP contribution in [0, 0.1) is 11.6 Å². The first-order valence-electron chi connectivity index (χ1n) is 5.77. The van der Waals surface area contributed by atoms with E-state index in [4.69, 9.17) is 0 Å². The van der Waals surface area contributed by atoms with Gasteiger partial charge < -0.3 is 5.32 Å². The number of hydrogen-bond donors (Lipinski definition) is 2. The first kappa shape index (κ1) is 14.7. The molecule has 106 valence electrons. The van der Waals surface area contributed by atoms with Crippen LogP contribution in [0.3, 0.4) is 0 Å². The van der Waals surface area contributed by atoms with Gasteiger partial charge in [0.05, 0.1) is 15.4 Å². The number of halogens is 3. The summed E-state index contributed by atoms with van der Waals surface area (Å²) in [6, 6.07) is 1.73. The molecule has 0 unspecified atom stereocenters. The average molecular weight is 355 g/mol. The van der Waals surface area contributed by atoms with Crippen molar-refractivity contribution in [1.29, 1.82) is 0 Å². The molecule has 1 aromatic rings. The molecule has 2 N–H and O–H groups in total. The van der Waals surface area contributed by atoms with Crippen molar-refractivity contribution in [3.05, 3.63) is 28.2 Å². The molecule has 1 aliphatic heterocycles. The van der Waals surface area contributed by atoms with Crippen molar-refractivity contribution >= 4 is 31.6 Å². The van der Waals surface area contributed by atoms with Crippen LogP contribution in [0.25, 0.3) is 0 Å². The molecule has 0 saturated carbocycles. The van der Waals surface area contributed by atoms with E-state index in [-0.39, 0.29) is 10.2 Å². The molecule has 2 rings (SSSR count). The van der Waals surface area contributed by atoms with Crippen LogP contribution < -0.4 is 10.0 Å². The Labute approximate surface area is 118 Å². The molecule has 1 aliphatic rings. The standard InChI is InChI=1S/C11H13BrF2N2O2S/c12-8-5-10(14)11(6-9(8)13)16-19(17,18)7-1-3-15-4-2-7/h5-7,15-16H,1-4H2. The van der Waals surface area contributed by atoms with Gasteiger partial charge >= 0.3 is 0 Å². The van der Waals surface area contributed by atoms with E-state index in [9.17, 15) is 17.2 Å². The van der Waals surface area contributed by atoms with Gasteiger partial charge in [-0.2, -0.15) is 0 Å². The van der Waals surface area contributed by atoms with Crippen molar-refractivity contribution in [3.63, 3.8) is 0 Å². The lowest BCUT2D eigenvalue weighted by Crippen LogP contribution is -2.38. The Morgan fingerprint density at radius 2 is 1.84 bits per heavy atom. The van der Waals surface area contributed by atoms with Crippen molar-refractivity contribution in [1.82, 2.24) is 5.32 Å². The lowest BCUT2D eigenvalue weighted by atomic mass is 10.2. The summed E-state index contributed by atoms with van der Waals surface area (Å²) in [7, 11) is -3.70. The zero-order valence-electron chi connectivity index (χ0n) is 9.92. The Morgan fingerprint density at radius 3 is 2.47 bits per heavy atom. The van der Waals surface area contributed by atoms with Gasteiger partial charge in [0.2, 0.25) is 10.0 Å². The van der Waals surface area contributed by atoms with Crippen LogP contribution in [0.4, 0.5) is 14.5 Å². The van der Waals surface area contributed by atoms with E-state index in [1.165, 1.54) is 0 Å². The van der Waals surface area contributed by atoms with E-state index in [1.54, 1.807) is 0 Å². The zero-order valence-corrected chi connectivity index (χ0v) is 12.3. The van der Waals surface area contributed by atoms with Gasteiger partial charge in [-0.25, -0.2) is 17.2 Å². The van der Waals surface area contributed by atoms with E-state index in [2.05, 4.69) is 26.0 Å². The Morgan fingerprint density at radius 1 is 1.21 bits per heavy atom. The summed E-state index contributed by atoms with van der Waals surface area (Å²) in [5.41, 5.74) is -0.362. The molecule has 4 nitrogen and oxygen atoms in total. The maximum atomic E-state index is 13.6. The van der Waals surface area contributed by atoms with Crippen LogP contribution in [0.1, 0.15) is 12.8 Å². The number of rotatable bonds is 3. The zero-order chi connectivity index (χ0) is 14.0. The molecule has 0 amide bonds. The van der Waals surface area contributed by atoms with Crippen molar-refractivity contribution in [2.75, 3.05) is 17.8 Å². The highest BCUT2D eigenvalue weighted by atomic mass is 79.9. The summed E-state index contributed by atoms with van der Waals surface area (Å²) < 4.78 is 53.1. The summed E-state index contributed by atoms with van der Waals surface area (Å²) in [4.78, 5) is 0. The maximum Gasteiger partial charge on any atom is 0.235 e. The predicted molar refractivity (Wildman–Crippen MR) is 72.5 cm³/mol. The molecule has 1 heterocycles. The van der Waals surface area contributed by atoms with E-state index in [1.807, 2.05) is 0 Å². The van der Waals surface area contributed by atoms with Gasteiger partial charge in [-0.3, -0.25) is 4.72 Å². The first-order valence-corrected chi connectivity index (χ1v) is 8.11. The highest BCUT2D eigenvalue weighted by Crippen LogP contribution is 2.25. The minimum atomic E-state index is -3.70. The van der Waals surface area contributed by atoms with Gasteiger partial charge in [0.15, 0.2) is 0 Å². The molecule has 8 heteroatoms. The van der Waals surface area contributed by atoms with Crippen molar-refractivity contribution in [3.8, 4) is 0 Å². The molecule has 19 heavy (non-hydrogen) atoms. The quantitative estimate of drug-likeness (QED) is 0.818. The second-order valence-corrected chi connectivity index (χ2v) is 7.16. The molecule has 0 radical (unpaired) electrons. The minimum Gasteiger partial charge on any atom is -0.317 e. The van der Waals surface area contributed by atoms with Gasteiger partial charge in [-0.05, 0) is 47.9 Å². The highest BCUT2D eigenvalue weighted by molar-refractivity contribution is 9.10. The fraction of sp³-hybridized carbons (Fsp3) is 0.455. The Bertz CT molecular complexity index is 574. The van der Waals surface area contributed by atoms with Crippen LogP contribution in [0.5, 0.6) is 0 Å². The number of anilines is 1. The van der Waals surface area contributed by atoms with E-state index in [0.717, 1.165) is 12.1 Å². The summed E-state index contributed by atoms with van der Waals surface area (Å²) in [6.45, 7) is 1.20. The van der Waals surface area contributed by atoms with Crippen LogP contribution >= 0.6 is 15.9 Å². The summed E-state index contributed by atoms with van der Waals surface area (Å²) in [6.07, 6.45) is 0.909. The number of hydrogen-bond acceptors (Lipinski definition) is 3. The number of sulfonamides is 1. The van der Waals surface area contributed by atoms with Crippen molar-refractivity contribution in [2.45, 2.75) is 18.1 Å². The molecule has 0 aliphatic carbocycles. The van der Waals surface area contributed by atoms with Gasteiger partial charge in [0.25, 0.3) is 0 Å². The second-order valence-electron chi connectivity index (χ2n) is 4.34. The molecule has 0 atom stereocenters. The second kappa shape index (κ2) is 5.72. The fourth-order valence-corrected chi connectivity index (χ4v) is 3.74. The third-order valence-electron chi connectivity index (χ3n) is 2.99. The number of nitrogens with one attached hydrogen (secondary N) is 2. The molecule has 0 aromatic heterocycles. The third-order valence-corrected chi connectivity index (χ3v) is 5.45. The third kappa shape index (κ3) is 3.43. The van der Waals surface area contributed by atoms with E-state index < -0.39 is 26.9 Å². The van der Waals surface area contributed by atoms with Crippen molar-refractivity contribution in [2.24, 2.45) is 0 Å². The van der Waals surface area contributed by atoms with E-state index in [0.29, 0.717) is 25.9 Å². The maximum absolute atomic E-state index is 13.6. The van der Waals surface area contributed by atoms with E-state index >= 15 is 0 Å². The molecular formula is C11H13BrF2N2O2S. The molecule has 0 spiro atoms. The molecule has 1 saturated heterocycles. The van der Waals surface area contributed by atoms with Crippen LogP contribution in [0.15, 0.2) is 16.6 Å². The molecule has 0 bridgehead atoms. The Balaban J connectivity index is 2.22. The largest absolute Gasteiger partial charge is 0.317 e. The average Bonchev–Trinajstić information content (AvgIpc) is 2.37. The smallest absolute Gasteiger partial charge is 0.235 e. The summed E-state index contributed by atoms with van der Waals surface area (Å²) in [5, 5.41) is 2.46. The Kier molecular flexibility index (Phi) is 4.42. The van der Waals surface area contributed by atoms with Crippen LogP contribution in [0.2, 0.25) is 0 Å². The van der Waals surface area contributed by atoms with Gasteiger partial charge in [0.1, 0.15) is 11.6 Å². The van der Waals surface area contributed by atoms with Gasteiger partial charge in [-0.1, -0.05) is 0 Å². The summed E-state index contributed by atoms with van der Waals surface area (Å²) >= 11 is 2.84. The Hall–Kier alpha value is -0.730. The first-order chi connectivity index (χ1) is 8.90. The monoisotopic (exact) mass is 354 g/mol. The lowest BCUT2D eigenvalue weighted by molar-refractivity contribution is 0.498. The molecule has 1 aromatic carbocycles. The van der Waals surface area contributed by atoms with Gasteiger partial charge in [0, 0.05) is 6.07 Å². The number of benzene rings is 1. The van der Waals surface area contributed by atoms with Gasteiger partial charge in [-0.15, -0.1) is 0 Å². The molecule has 1 fully saturated rings. The van der Waals surface area contributed by atoms with Crippen molar-refractivity contribution < 1.29 is 17.2 Å². The fourth-order valence-electron chi connectivity index (χ4n) is 1.94.